The molecule has 1 aliphatic rings. The van der Waals surface area contributed by atoms with E-state index in [2.05, 4.69) is 20.5 Å². The molecule has 0 N–H and O–H groups in total. The molecule has 1 aliphatic carbocycles. The Morgan fingerprint density at radius 2 is 2.25 bits per heavy atom. The van der Waals surface area contributed by atoms with Crippen molar-refractivity contribution in [3.05, 3.63) is 23.4 Å². The summed E-state index contributed by atoms with van der Waals surface area (Å²) in [5.41, 5.74) is 0. The highest BCUT2D eigenvalue weighted by molar-refractivity contribution is 7.99. The molecular weight excluding hydrogens is 246 g/mol. The van der Waals surface area contributed by atoms with Crippen LogP contribution in [0.3, 0.4) is 0 Å². The van der Waals surface area contributed by atoms with Crippen LogP contribution in [0.25, 0.3) is 0 Å². The minimum atomic E-state index is 0.477. The summed E-state index contributed by atoms with van der Waals surface area (Å²) in [6.45, 7) is 0. The summed E-state index contributed by atoms with van der Waals surface area (Å²) in [4.78, 5) is 4.20. The zero-order chi connectivity index (χ0) is 11.0. The summed E-state index contributed by atoms with van der Waals surface area (Å²) in [7, 11) is 0. The first-order valence-corrected chi connectivity index (χ1v) is 6.09. The van der Waals surface area contributed by atoms with E-state index in [0.29, 0.717) is 11.1 Å². The summed E-state index contributed by atoms with van der Waals surface area (Å²) in [5.74, 6) is 0. The van der Waals surface area contributed by atoms with E-state index >= 15 is 0 Å². The van der Waals surface area contributed by atoms with Gasteiger partial charge in [-0.2, -0.15) is 0 Å². The third kappa shape index (κ3) is 2.03. The Morgan fingerprint density at radius 3 is 2.94 bits per heavy atom. The second kappa shape index (κ2) is 4.03. The standard InChI is InChI=1S/C9H8ClN5S/c10-6-1-4-8(11-5-6)16-9-12-13-14-15(9)7-2-3-7/h1,4-5,7H,2-3H2. The Bertz CT molecular complexity index is 493. The van der Waals surface area contributed by atoms with Gasteiger partial charge in [-0.3, -0.25) is 0 Å². The average Bonchev–Trinajstić information content (AvgIpc) is 3.03. The fourth-order valence-corrected chi connectivity index (χ4v) is 2.21. The molecule has 0 aliphatic heterocycles. The Hall–Kier alpha value is -1.14. The van der Waals surface area contributed by atoms with E-state index in [9.17, 15) is 0 Å². The molecule has 0 bridgehead atoms. The van der Waals surface area contributed by atoms with Crippen LogP contribution >= 0.6 is 23.4 Å². The van der Waals surface area contributed by atoms with Crippen LogP contribution < -0.4 is 0 Å². The number of hydrogen-bond acceptors (Lipinski definition) is 5. The lowest BCUT2D eigenvalue weighted by Gasteiger charge is -2.01. The largest absolute Gasteiger partial charge is 0.248 e. The van der Waals surface area contributed by atoms with Gasteiger partial charge in [0.25, 0.3) is 0 Å². The molecule has 0 radical (unpaired) electrons. The molecule has 1 fully saturated rings. The van der Waals surface area contributed by atoms with Crippen LogP contribution in [0.1, 0.15) is 18.9 Å². The lowest BCUT2D eigenvalue weighted by Crippen LogP contribution is -1.98. The number of nitrogens with zero attached hydrogens (tertiary/aromatic N) is 5. The molecule has 0 amide bonds. The minimum absolute atomic E-state index is 0.477. The van der Waals surface area contributed by atoms with Gasteiger partial charge in [0.2, 0.25) is 5.16 Å². The van der Waals surface area contributed by atoms with Crippen molar-refractivity contribution in [2.45, 2.75) is 29.1 Å². The van der Waals surface area contributed by atoms with E-state index in [1.807, 2.05) is 16.8 Å². The Balaban J connectivity index is 1.82. The summed E-state index contributed by atoms with van der Waals surface area (Å²) >= 11 is 7.22. The highest BCUT2D eigenvalue weighted by atomic mass is 35.5. The van der Waals surface area contributed by atoms with Gasteiger partial charge in [-0.15, -0.1) is 5.10 Å². The van der Waals surface area contributed by atoms with Crippen LogP contribution in [-0.4, -0.2) is 25.2 Å². The van der Waals surface area contributed by atoms with Gasteiger partial charge in [-0.1, -0.05) is 11.6 Å². The van der Waals surface area contributed by atoms with Gasteiger partial charge in [0, 0.05) is 6.20 Å². The number of tetrazole rings is 1. The van der Waals surface area contributed by atoms with Crippen molar-refractivity contribution in [2.75, 3.05) is 0 Å². The topological polar surface area (TPSA) is 56.5 Å². The normalized spacial score (nSPS) is 15.3. The maximum Gasteiger partial charge on any atom is 0.215 e. The summed E-state index contributed by atoms with van der Waals surface area (Å²) in [6, 6.07) is 4.14. The number of pyridine rings is 1. The zero-order valence-corrected chi connectivity index (χ0v) is 9.82. The third-order valence-corrected chi connectivity index (χ3v) is 3.38. The Morgan fingerprint density at radius 1 is 1.38 bits per heavy atom. The predicted molar refractivity (Wildman–Crippen MR) is 59.5 cm³/mol. The SMILES string of the molecule is Clc1ccc(Sc2nnnn2C2CC2)nc1. The smallest absolute Gasteiger partial charge is 0.215 e. The molecule has 0 spiro atoms. The molecule has 2 aromatic rings. The maximum atomic E-state index is 5.77. The van der Waals surface area contributed by atoms with Crippen molar-refractivity contribution in [2.24, 2.45) is 0 Å². The minimum Gasteiger partial charge on any atom is -0.248 e. The van der Waals surface area contributed by atoms with Crippen molar-refractivity contribution < 1.29 is 0 Å². The molecule has 82 valence electrons. The molecule has 1 saturated carbocycles. The van der Waals surface area contributed by atoms with Gasteiger partial charge in [-0.05, 0) is 47.2 Å². The van der Waals surface area contributed by atoms with Gasteiger partial charge in [0.1, 0.15) is 5.03 Å². The number of halogens is 1. The van der Waals surface area contributed by atoms with Crippen LogP contribution in [0, 0.1) is 0 Å². The number of hydrogen-bond donors (Lipinski definition) is 0. The van der Waals surface area contributed by atoms with Crippen LogP contribution in [-0.2, 0) is 0 Å². The van der Waals surface area contributed by atoms with Crippen LogP contribution in [0.15, 0.2) is 28.5 Å². The third-order valence-electron chi connectivity index (χ3n) is 2.25. The van der Waals surface area contributed by atoms with Crippen molar-refractivity contribution in [3.63, 3.8) is 0 Å². The van der Waals surface area contributed by atoms with Crippen molar-refractivity contribution in [1.29, 1.82) is 0 Å². The molecule has 0 saturated heterocycles. The van der Waals surface area contributed by atoms with Crippen molar-refractivity contribution in [3.8, 4) is 0 Å². The molecule has 7 heteroatoms. The molecule has 0 unspecified atom stereocenters. The highest BCUT2D eigenvalue weighted by Gasteiger charge is 2.28. The lowest BCUT2D eigenvalue weighted by atomic mass is 10.5. The second-order valence-corrected chi connectivity index (χ2v) is 4.98. The monoisotopic (exact) mass is 253 g/mol. The number of rotatable bonds is 3. The number of aromatic nitrogens is 5. The predicted octanol–water partition coefficient (Wildman–Crippen LogP) is 2.21. The van der Waals surface area contributed by atoms with Gasteiger partial charge < -0.3 is 0 Å². The Kier molecular flexibility index (Phi) is 2.53. The van der Waals surface area contributed by atoms with Gasteiger partial charge in [0.05, 0.1) is 11.1 Å². The molecular formula is C9H8ClN5S. The van der Waals surface area contributed by atoms with E-state index in [4.69, 9.17) is 11.6 Å². The summed E-state index contributed by atoms with van der Waals surface area (Å²) in [5, 5.41) is 13.9. The first kappa shape index (κ1) is 10.0. The summed E-state index contributed by atoms with van der Waals surface area (Å²) in [6.07, 6.45) is 3.94. The van der Waals surface area contributed by atoms with E-state index < -0.39 is 0 Å². The lowest BCUT2D eigenvalue weighted by molar-refractivity contribution is 0.565. The molecule has 0 aromatic carbocycles. The molecule has 5 nitrogen and oxygen atoms in total. The van der Waals surface area contributed by atoms with Gasteiger partial charge in [-0.25, -0.2) is 9.67 Å². The molecule has 2 heterocycles. The molecule has 0 atom stereocenters. The molecule has 16 heavy (non-hydrogen) atoms. The zero-order valence-electron chi connectivity index (χ0n) is 8.25. The van der Waals surface area contributed by atoms with Crippen molar-refractivity contribution in [1.82, 2.24) is 25.2 Å². The fraction of sp³-hybridized carbons (Fsp3) is 0.333. The summed E-state index contributed by atoms with van der Waals surface area (Å²) < 4.78 is 1.86. The van der Waals surface area contributed by atoms with Crippen molar-refractivity contribution >= 4 is 23.4 Å². The van der Waals surface area contributed by atoms with Crippen LogP contribution in [0.2, 0.25) is 5.02 Å². The van der Waals surface area contributed by atoms with E-state index in [1.165, 1.54) is 11.8 Å². The Labute approximate surface area is 101 Å². The van der Waals surface area contributed by atoms with E-state index in [0.717, 1.165) is 23.0 Å². The highest BCUT2D eigenvalue weighted by Crippen LogP contribution is 2.37. The first-order chi connectivity index (χ1) is 7.83. The molecule has 3 rings (SSSR count). The van der Waals surface area contributed by atoms with Crippen LogP contribution in [0.5, 0.6) is 0 Å². The second-order valence-electron chi connectivity index (χ2n) is 3.55. The van der Waals surface area contributed by atoms with Gasteiger partial charge >= 0.3 is 0 Å². The molecule has 2 aromatic heterocycles. The van der Waals surface area contributed by atoms with E-state index in [-0.39, 0.29) is 0 Å². The fourth-order valence-electron chi connectivity index (χ4n) is 1.32. The van der Waals surface area contributed by atoms with Gasteiger partial charge in [0.15, 0.2) is 0 Å². The average molecular weight is 254 g/mol. The van der Waals surface area contributed by atoms with Crippen LogP contribution in [0.4, 0.5) is 0 Å². The first-order valence-electron chi connectivity index (χ1n) is 4.90. The quantitative estimate of drug-likeness (QED) is 0.839. The maximum absolute atomic E-state index is 5.77. The van der Waals surface area contributed by atoms with E-state index in [1.54, 1.807) is 6.20 Å².